The van der Waals surface area contributed by atoms with Gasteiger partial charge in [-0.3, -0.25) is 4.68 Å². The minimum Gasteiger partial charge on any atom is -0.382 e. The van der Waals surface area contributed by atoms with Crippen molar-refractivity contribution in [3.8, 4) is 12.1 Å². The number of nitrogen functional groups attached to an aromatic ring is 1. The number of azo groups is 1. The quantitative estimate of drug-likeness (QED) is 0.783. The number of nitrogens with zero attached hydrogens (tertiary/aromatic N) is 9. The molecule has 0 unspecified atom stereocenters. The highest BCUT2D eigenvalue weighted by Gasteiger charge is 2.27. The zero-order valence-electron chi connectivity index (χ0n) is 17.4. The Morgan fingerprint density at radius 1 is 1.21 bits per heavy atom. The van der Waals surface area contributed by atoms with Crippen molar-refractivity contribution in [2.75, 3.05) is 18.8 Å². The van der Waals surface area contributed by atoms with E-state index in [9.17, 15) is 15.3 Å². The first-order chi connectivity index (χ1) is 13.6. The molecule has 0 fully saturated rings. The fraction of sp³-hybridized carbons (Fsp3) is 0.500. The Morgan fingerprint density at radius 2 is 1.83 bits per heavy atom. The standard InChI is InChI=1S/C18H24N10O/c1-7-27(8-2)17(29)28-12(10-20)11(9-19)22-16(28)24-23-13-14(18(3,4)5)25-26(6)15(13)21/h7-8,21H2,1-6H3/b24-23+. The van der Waals surface area contributed by atoms with Gasteiger partial charge in [0.05, 0.1) is 5.69 Å². The van der Waals surface area contributed by atoms with Gasteiger partial charge in [0.25, 0.3) is 5.95 Å². The monoisotopic (exact) mass is 396 g/mol. The van der Waals surface area contributed by atoms with Gasteiger partial charge in [0, 0.05) is 25.6 Å². The lowest BCUT2D eigenvalue weighted by Crippen LogP contribution is -2.34. The lowest BCUT2D eigenvalue weighted by atomic mass is 9.91. The number of imidazole rings is 1. The maximum absolute atomic E-state index is 12.9. The van der Waals surface area contributed by atoms with Crippen LogP contribution in [0.1, 0.15) is 51.7 Å². The summed E-state index contributed by atoms with van der Waals surface area (Å²) in [5.41, 5.74) is 6.31. The van der Waals surface area contributed by atoms with E-state index in [0.717, 1.165) is 4.57 Å². The molecule has 1 amide bonds. The van der Waals surface area contributed by atoms with Crippen molar-refractivity contribution in [3.05, 3.63) is 17.1 Å². The van der Waals surface area contributed by atoms with Crippen LogP contribution in [0.15, 0.2) is 10.2 Å². The number of carbonyl (C=O) groups excluding carboxylic acids is 1. The number of hydrogen-bond donors (Lipinski definition) is 1. The summed E-state index contributed by atoms with van der Waals surface area (Å²) >= 11 is 0. The highest BCUT2D eigenvalue weighted by atomic mass is 16.2. The highest BCUT2D eigenvalue weighted by molar-refractivity contribution is 5.82. The van der Waals surface area contributed by atoms with Crippen molar-refractivity contribution < 1.29 is 4.79 Å². The van der Waals surface area contributed by atoms with E-state index in [1.54, 1.807) is 7.05 Å². The van der Waals surface area contributed by atoms with Crippen LogP contribution in [0.2, 0.25) is 0 Å². The van der Waals surface area contributed by atoms with Crippen LogP contribution in [0.5, 0.6) is 0 Å². The van der Waals surface area contributed by atoms with Crippen molar-refractivity contribution in [2.45, 2.75) is 40.0 Å². The van der Waals surface area contributed by atoms with Gasteiger partial charge in [-0.2, -0.15) is 20.6 Å². The molecule has 0 radical (unpaired) electrons. The first kappa shape index (κ1) is 21.6. The number of anilines is 1. The van der Waals surface area contributed by atoms with E-state index in [-0.39, 0.29) is 22.8 Å². The van der Waals surface area contributed by atoms with E-state index in [0.29, 0.717) is 30.3 Å². The zero-order valence-corrected chi connectivity index (χ0v) is 17.4. The molecule has 0 aliphatic rings. The van der Waals surface area contributed by atoms with Gasteiger partial charge in [-0.15, -0.1) is 10.2 Å². The number of carbonyl (C=O) groups is 1. The van der Waals surface area contributed by atoms with Crippen LogP contribution in [0.25, 0.3) is 0 Å². The first-order valence-corrected chi connectivity index (χ1v) is 9.07. The Bertz CT molecular complexity index is 1030. The third-order valence-electron chi connectivity index (χ3n) is 4.31. The topological polar surface area (TPSA) is 154 Å². The lowest BCUT2D eigenvalue weighted by Gasteiger charge is -2.19. The maximum Gasteiger partial charge on any atom is 0.332 e. The molecule has 0 saturated heterocycles. The molecule has 2 N–H and O–H groups in total. The van der Waals surface area contributed by atoms with Crippen molar-refractivity contribution in [3.63, 3.8) is 0 Å². The molecule has 11 heteroatoms. The first-order valence-electron chi connectivity index (χ1n) is 9.07. The Kier molecular flexibility index (Phi) is 6.03. The average Bonchev–Trinajstić information content (AvgIpc) is 3.18. The Balaban J connectivity index is 2.67. The molecule has 0 spiro atoms. The predicted octanol–water partition coefficient (Wildman–Crippen LogP) is 2.96. The van der Waals surface area contributed by atoms with Crippen molar-refractivity contribution in [1.82, 2.24) is 24.2 Å². The molecule has 2 aromatic heterocycles. The fourth-order valence-corrected chi connectivity index (χ4v) is 2.70. The number of amides is 1. The maximum atomic E-state index is 12.9. The second-order valence-electron chi connectivity index (χ2n) is 7.28. The Hall–Kier alpha value is -3.73. The lowest BCUT2D eigenvalue weighted by molar-refractivity contribution is 0.205. The molecule has 29 heavy (non-hydrogen) atoms. The van der Waals surface area contributed by atoms with Crippen LogP contribution in [-0.2, 0) is 12.5 Å². The number of hydrogen-bond acceptors (Lipinski definition) is 8. The molecule has 2 rings (SSSR count). The molecule has 0 saturated carbocycles. The van der Waals surface area contributed by atoms with Crippen molar-refractivity contribution in [1.29, 1.82) is 10.5 Å². The number of aromatic nitrogens is 4. The Labute approximate surface area is 169 Å². The second-order valence-corrected chi connectivity index (χ2v) is 7.28. The van der Waals surface area contributed by atoms with Crippen LogP contribution in [0.3, 0.4) is 0 Å². The summed E-state index contributed by atoms with van der Waals surface area (Å²) in [5.74, 6) is 0.131. The Morgan fingerprint density at radius 3 is 2.31 bits per heavy atom. The second kappa shape index (κ2) is 8.10. The number of nitriles is 2. The zero-order chi connectivity index (χ0) is 21.9. The molecular weight excluding hydrogens is 372 g/mol. The predicted molar refractivity (Wildman–Crippen MR) is 106 cm³/mol. The SMILES string of the molecule is CCN(CC)C(=O)n1c(/N=N/c2c(C(C)(C)C)nn(C)c2N)nc(C#N)c1C#N. The van der Waals surface area contributed by atoms with Crippen molar-refractivity contribution >= 4 is 23.5 Å². The summed E-state index contributed by atoms with van der Waals surface area (Å²) in [6.07, 6.45) is 0. The summed E-state index contributed by atoms with van der Waals surface area (Å²) < 4.78 is 2.49. The third-order valence-corrected chi connectivity index (χ3v) is 4.31. The summed E-state index contributed by atoms with van der Waals surface area (Å²) in [7, 11) is 1.69. The minimum atomic E-state index is -0.510. The average molecular weight is 396 g/mol. The molecule has 11 nitrogen and oxygen atoms in total. The van der Waals surface area contributed by atoms with Gasteiger partial charge in [0.15, 0.2) is 17.1 Å². The molecule has 2 heterocycles. The molecule has 0 aromatic carbocycles. The number of rotatable bonds is 4. The summed E-state index contributed by atoms with van der Waals surface area (Å²) in [6.45, 7) is 10.3. The van der Waals surface area contributed by atoms with E-state index in [1.165, 1.54) is 9.58 Å². The van der Waals surface area contributed by atoms with E-state index in [1.807, 2.05) is 46.8 Å². The van der Waals surface area contributed by atoms with Gasteiger partial charge in [-0.05, 0) is 13.8 Å². The third kappa shape index (κ3) is 3.94. The van der Waals surface area contributed by atoms with E-state index >= 15 is 0 Å². The van der Waals surface area contributed by atoms with E-state index in [2.05, 4.69) is 20.3 Å². The molecule has 2 aromatic rings. The highest BCUT2D eigenvalue weighted by Crippen LogP contribution is 2.36. The van der Waals surface area contributed by atoms with Crippen LogP contribution in [0, 0.1) is 22.7 Å². The van der Waals surface area contributed by atoms with Gasteiger partial charge >= 0.3 is 6.03 Å². The van der Waals surface area contributed by atoms with Gasteiger partial charge in [-0.25, -0.2) is 9.36 Å². The molecule has 0 aliphatic carbocycles. The van der Waals surface area contributed by atoms with Gasteiger partial charge in [-0.1, -0.05) is 20.8 Å². The fourth-order valence-electron chi connectivity index (χ4n) is 2.70. The molecular formula is C18H24N10O. The van der Waals surface area contributed by atoms with E-state index < -0.39 is 6.03 Å². The van der Waals surface area contributed by atoms with Gasteiger partial charge in [0.1, 0.15) is 18.0 Å². The number of aryl methyl sites for hydroxylation is 1. The molecule has 0 aliphatic heterocycles. The molecule has 0 atom stereocenters. The minimum absolute atomic E-state index is 0.168. The normalized spacial score (nSPS) is 11.4. The largest absolute Gasteiger partial charge is 0.382 e. The smallest absolute Gasteiger partial charge is 0.332 e. The van der Waals surface area contributed by atoms with Gasteiger partial charge < -0.3 is 10.6 Å². The van der Waals surface area contributed by atoms with E-state index in [4.69, 9.17) is 5.73 Å². The summed E-state index contributed by atoms with van der Waals surface area (Å²) in [6, 6.07) is 3.17. The summed E-state index contributed by atoms with van der Waals surface area (Å²) in [5, 5.41) is 31.4. The summed E-state index contributed by atoms with van der Waals surface area (Å²) in [4.78, 5) is 18.4. The molecule has 0 bridgehead atoms. The van der Waals surface area contributed by atoms with Crippen LogP contribution in [0.4, 0.5) is 22.2 Å². The number of nitrogens with two attached hydrogens (primary N) is 1. The van der Waals surface area contributed by atoms with Crippen LogP contribution in [-0.4, -0.2) is 43.4 Å². The van der Waals surface area contributed by atoms with Crippen LogP contribution >= 0.6 is 0 Å². The van der Waals surface area contributed by atoms with Crippen LogP contribution < -0.4 is 5.73 Å². The van der Waals surface area contributed by atoms with Gasteiger partial charge in [0.2, 0.25) is 0 Å². The van der Waals surface area contributed by atoms with Crippen molar-refractivity contribution in [2.24, 2.45) is 17.3 Å². The molecule has 152 valence electrons.